The van der Waals surface area contributed by atoms with E-state index >= 15 is 0 Å². The van der Waals surface area contributed by atoms with Crippen LogP contribution in [0.25, 0.3) is 6.08 Å². The molecule has 7 heteroatoms. The van der Waals surface area contributed by atoms with Gasteiger partial charge in [0.15, 0.2) is 0 Å². The zero-order chi connectivity index (χ0) is 22.7. The van der Waals surface area contributed by atoms with Crippen LogP contribution in [0.15, 0.2) is 65.4 Å². The fourth-order valence-electron chi connectivity index (χ4n) is 3.39. The number of amides is 1. The Hall–Kier alpha value is -3.87. The highest BCUT2D eigenvalue weighted by Gasteiger charge is 2.37. The number of anilines is 2. The van der Waals surface area contributed by atoms with Crippen LogP contribution in [0.2, 0.25) is 0 Å². The van der Waals surface area contributed by atoms with Crippen LogP contribution in [-0.4, -0.2) is 46.2 Å². The van der Waals surface area contributed by atoms with Gasteiger partial charge in [0.05, 0.1) is 30.9 Å². The average Bonchev–Trinajstić information content (AvgIpc) is 3.02. The second-order valence-corrected chi connectivity index (χ2v) is 7.17. The number of nitrogens with zero attached hydrogens (tertiary/aromatic N) is 2. The van der Waals surface area contributed by atoms with Crippen molar-refractivity contribution in [3.05, 3.63) is 76.5 Å². The number of esters is 2. The normalized spacial score (nSPS) is 14.8. The van der Waals surface area contributed by atoms with E-state index in [0.717, 1.165) is 11.3 Å². The summed E-state index contributed by atoms with van der Waals surface area (Å²) < 4.78 is 9.65. The second-order valence-electron chi connectivity index (χ2n) is 7.17. The first kappa shape index (κ1) is 21.8. The van der Waals surface area contributed by atoms with E-state index in [4.69, 9.17) is 9.47 Å². The molecule has 0 aliphatic carbocycles. The van der Waals surface area contributed by atoms with Crippen molar-refractivity contribution in [3.63, 3.8) is 0 Å². The quantitative estimate of drug-likeness (QED) is 0.545. The summed E-state index contributed by atoms with van der Waals surface area (Å²) in [7, 11) is 6.47. The number of allylic oxidation sites excluding steroid dienone is 1. The minimum Gasteiger partial charge on any atom is -0.465 e. The van der Waals surface area contributed by atoms with Gasteiger partial charge in [-0.25, -0.2) is 9.59 Å². The van der Waals surface area contributed by atoms with Crippen LogP contribution in [0.5, 0.6) is 0 Å². The third-order valence-electron chi connectivity index (χ3n) is 5.06. The second kappa shape index (κ2) is 8.87. The van der Waals surface area contributed by atoms with Crippen LogP contribution in [0.4, 0.5) is 11.4 Å². The molecule has 0 aromatic heterocycles. The molecule has 2 aromatic rings. The smallest absolute Gasteiger partial charge is 0.340 e. The molecular formula is C24H24N2O5. The summed E-state index contributed by atoms with van der Waals surface area (Å²) in [5.74, 6) is -1.40. The van der Waals surface area contributed by atoms with Crippen LogP contribution >= 0.6 is 0 Å². The Balaban J connectivity index is 2.04. The summed E-state index contributed by atoms with van der Waals surface area (Å²) in [4.78, 5) is 40.9. The van der Waals surface area contributed by atoms with E-state index in [0.29, 0.717) is 16.9 Å². The molecule has 7 nitrogen and oxygen atoms in total. The van der Waals surface area contributed by atoms with Crippen molar-refractivity contribution in [1.29, 1.82) is 0 Å². The Kier molecular flexibility index (Phi) is 6.25. The van der Waals surface area contributed by atoms with Gasteiger partial charge in [-0.2, -0.15) is 0 Å². The lowest BCUT2D eigenvalue weighted by Gasteiger charge is -2.18. The zero-order valence-electron chi connectivity index (χ0n) is 18.1. The van der Waals surface area contributed by atoms with E-state index in [1.165, 1.54) is 19.1 Å². The van der Waals surface area contributed by atoms with Crippen molar-refractivity contribution in [2.45, 2.75) is 6.92 Å². The van der Waals surface area contributed by atoms with E-state index in [2.05, 4.69) is 0 Å². The molecule has 0 radical (unpaired) electrons. The molecule has 0 N–H and O–H groups in total. The Morgan fingerprint density at radius 1 is 0.903 bits per heavy atom. The number of ether oxygens (including phenoxy) is 2. The molecule has 1 heterocycles. The fraction of sp³-hybridized carbons (Fsp3) is 0.208. The summed E-state index contributed by atoms with van der Waals surface area (Å²) >= 11 is 0. The molecule has 0 saturated heterocycles. The molecule has 1 aliphatic heterocycles. The number of methoxy groups -OCH3 is 2. The maximum absolute atomic E-state index is 13.3. The highest BCUT2D eigenvalue weighted by molar-refractivity contribution is 6.23. The molecule has 0 atom stereocenters. The maximum Gasteiger partial charge on any atom is 0.340 e. The van der Waals surface area contributed by atoms with E-state index in [9.17, 15) is 14.4 Å². The molecule has 0 spiro atoms. The van der Waals surface area contributed by atoms with Crippen molar-refractivity contribution < 1.29 is 23.9 Å². The number of carbonyl (C=O) groups is 3. The van der Waals surface area contributed by atoms with E-state index < -0.39 is 11.9 Å². The van der Waals surface area contributed by atoms with Crippen molar-refractivity contribution in [1.82, 2.24) is 0 Å². The van der Waals surface area contributed by atoms with Crippen LogP contribution < -0.4 is 9.80 Å². The topological polar surface area (TPSA) is 76.1 Å². The van der Waals surface area contributed by atoms with Gasteiger partial charge in [-0.1, -0.05) is 12.1 Å². The SMILES string of the molecule is COC(=O)C1=C(C)N(c2ccc(C(=O)OC)cc2)C(=O)/C1=C\c1ccc(N(C)C)cc1. The number of carbonyl (C=O) groups excluding carboxylic acids is 3. The molecule has 31 heavy (non-hydrogen) atoms. The first-order valence-corrected chi connectivity index (χ1v) is 9.60. The molecule has 2 aromatic carbocycles. The highest BCUT2D eigenvalue weighted by Crippen LogP contribution is 2.35. The molecule has 0 unspecified atom stereocenters. The van der Waals surface area contributed by atoms with Gasteiger partial charge >= 0.3 is 11.9 Å². The van der Waals surface area contributed by atoms with E-state index in [1.54, 1.807) is 37.3 Å². The van der Waals surface area contributed by atoms with Gasteiger partial charge in [-0.05, 0) is 55.0 Å². The fourth-order valence-corrected chi connectivity index (χ4v) is 3.39. The molecule has 0 fully saturated rings. The molecule has 3 rings (SSSR count). The summed E-state index contributed by atoms with van der Waals surface area (Å²) in [5.41, 5.74) is 3.62. The summed E-state index contributed by atoms with van der Waals surface area (Å²) in [6.07, 6.45) is 1.68. The van der Waals surface area contributed by atoms with Gasteiger partial charge in [0.2, 0.25) is 0 Å². The van der Waals surface area contributed by atoms with Gasteiger partial charge in [0.25, 0.3) is 5.91 Å². The standard InChI is InChI=1S/C24H24N2O5/c1-15-21(24(29)31-5)20(14-16-6-10-18(11-7-16)25(2)3)22(27)26(15)19-12-8-17(9-13-19)23(28)30-4/h6-14H,1-5H3/b20-14-. The van der Waals surface area contributed by atoms with Crippen molar-refractivity contribution >= 4 is 35.3 Å². The summed E-state index contributed by atoms with van der Waals surface area (Å²) in [6.45, 7) is 1.69. The Labute approximate surface area is 181 Å². The van der Waals surface area contributed by atoms with Gasteiger partial charge in [0, 0.05) is 31.2 Å². The molecular weight excluding hydrogens is 396 g/mol. The van der Waals surface area contributed by atoms with Crippen LogP contribution in [0.3, 0.4) is 0 Å². The molecule has 0 saturated carbocycles. The Bertz CT molecular complexity index is 1080. The van der Waals surface area contributed by atoms with Gasteiger partial charge < -0.3 is 14.4 Å². The van der Waals surface area contributed by atoms with Crippen LogP contribution in [-0.2, 0) is 19.1 Å². The molecule has 1 amide bonds. The number of benzene rings is 2. The minimum atomic E-state index is -0.587. The van der Waals surface area contributed by atoms with Gasteiger partial charge in [-0.3, -0.25) is 9.69 Å². The third-order valence-corrected chi connectivity index (χ3v) is 5.06. The summed E-state index contributed by atoms with van der Waals surface area (Å²) in [6, 6.07) is 14.0. The first-order valence-electron chi connectivity index (χ1n) is 9.60. The van der Waals surface area contributed by atoms with Crippen LogP contribution in [0.1, 0.15) is 22.8 Å². The predicted molar refractivity (Wildman–Crippen MR) is 119 cm³/mol. The summed E-state index contributed by atoms with van der Waals surface area (Å²) in [5, 5.41) is 0. The maximum atomic E-state index is 13.3. The van der Waals surface area contributed by atoms with E-state index in [-0.39, 0.29) is 17.1 Å². The third kappa shape index (κ3) is 4.21. The monoisotopic (exact) mass is 420 g/mol. The highest BCUT2D eigenvalue weighted by atomic mass is 16.5. The minimum absolute atomic E-state index is 0.209. The average molecular weight is 420 g/mol. The Morgan fingerprint density at radius 2 is 1.48 bits per heavy atom. The van der Waals surface area contributed by atoms with Crippen LogP contribution in [0, 0.1) is 0 Å². The number of rotatable bonds is 5. The largest absolute Gasteiger partial charge is 0.465 e. The Morgan fingerprint density at radius 3 is 2.00 bits per heavy atom. The van der Waals surface area contributed by atoms with Gasteiger partial charge in [-0.15, -0.1) is 0 Å². The van der Waals surface area contributed by atoms with Gasteiger partial charge in [0.1, 0.15) is 0 Å². The number of hydrogen-bond donors (Lipinski definition) is 0. The molecule has 1 aliphatic rings. The molecule has 0 bridgehead atoms. The van der Waals surface area contributed by atoms with E-state index in [1.807, 2.05) is 43.3 Å². The lowest BCUT2D eigenvalue weighted by molar-refractivity contribution is -0.136. The zero-order valence-corrected chi connectivity index (χ0v) is 18.1. The van der Waals surface area contributed by atoms with Crippen molar-refractivity contribution in [2.75, 3.05) is 38.1 Å². The predicted octanol–water partition coefficient (Wildman–Crippen LogP) is 3.42. The first-order chi connectivity index (χ1) is 14.8. The number of hydrogen-bond acceptors (Lipinski definition) is 6. The molecule has 160 valence electrons. The van der Waals surface area contributed by atoms with Crippen molar-refractivity contribution in [3.8, 4) is 0 Å². The lowest BCUT2D eigenvalue weighted by atomic mass is 10.0. The lowest BCUT2D eigenvalue weighted by Crippen LogP contribution is -2.24. The van der Waals surface area contributed by atoms with Crippen molar-refractivity contribution in [2.24, 2.45) is 0 Å².